The molecule has 2 rings (SSSR count). The van der Waals surface area contributed by atoms with Crippen LogP contribution in [0.4, 0.5) is 8.78 Å². The first-order valence-electron chi connectivity index (χ1n) is 5.46. The van der Waals surface area contributed by atoms with Crippen LogP contribution < -0.4 is 0 Å². The first kappa shape index (κ1) is 13.2. The molecule has 0 amide bonds. The molecule has 0 spiro atoms. The minimum atomic E-state index is -2.49. The molecule has 0 radical (unpaired) electrons. The Morgan fingerprint density at radius 2 is 2.06 bits per heavy atom. The molecule has 2 nitrogen and oxygen atoms in total. The molecule has 0 N–H and O–H groups in total. The molecular weight excluding hydrogens is 310 g/mol. The highest BCUT2D eigenvalue weighted by atomic mass is 79.9. The Balaban J connectivity index is 2.17. The number of nitrogens with zero attached hydrogens (tertiary/aromatic N) is 2. The first-order valence-corrected chi connectivity index (χ1v) is 7.48. The number of aromatic nitrogens is 2. The van der Waals surface area contributed by atoms with Crippen molar-refractivity contribution in [3.8, 4) is 0 Å². The van der Waals surface area contributed by atoms with E-state index in [1.54, 1.807) is 6.20 Å². The molecule has 1 heterocycles. The van der Waals surface area contributed by atoms with Gasteiger partial charge in [-0.2, -0.15) is 0 Å². The SMILES string of the molecule is CSc1ncc(Br)c(C2CCC(F)(F)CC2)n1. The summed E-state index contributed by atoms with van der Waals surface area (Å²) >= 11 is 4.87. The van der Waals surface area contributed by atoms with E-state index in [2.05, 4.69) is 25.9 Å². The van der Waals surface area contributed by atoms with Gasteiger partial charge in [0.2, 0.25) is 5.92 Å². The maximum atomic E-state index is 13.1. The van der Waals surface area contributed by atoms with E-state index in [1.807, 2.05) is 6.26 Å². The van der Waals surface area contributed by atoms with Crippen LogP contribution in [0.15, 0.2) is 15.8 Å². The Morgan fingerprint density at radius 1 is 1.41 bits per heavy atom. The summed E-state index contributed by atoms with van der Waals surface area (Å²) in [5, 5.41) is 0.695. The van der Waals surface area contributed by atoms with Crippen LogP contribution in [0.1, 0.15) is 37.3 Å². The Bertz CT molecular complexity index is 404. The lowest BCUT2D eigenvalue weighted by molar-refractivity contribution is -0.0385. The van der Waals surface area contributed by atoms with Crippen molar-refractivity contribution in [2.75, 3.05) is 6.26 Å². The van der Waals surface area contributed by atoms with Crippen LogP contribution in [0.5, 0.6) is 0 Å². The van der Waals surface area contributed by atoms with Gasteiger partial charge >= 0.3 is 0 Å². The van der Waals surface area contributed by atoms with Gasteiger partial charge < -0.3 is 0 Å². The second-order valence-corrected chi connectivity index (χ2v) is 5.85. The molecule has 17 heavy (non-hydrogen) atoms. The lowest BCUT2D eigenvalue weighted by atomic mass is 9.85. The van der Waals surface area contributed by atoms with Gasteiger partial charge in [-0.3, -0.25) is 0 Å². The van der Waals surface area contributed by atoms with Crippen molar-refractivity contribution in [3.63, 3.8) is 0 Å². The molecule has 1 aliphatic rings. The van der Waals surface area contributed by atoms with Crippen LogP contribution in [0.3, 0.4) is 0 Å². The highest BCUT2D eigenvalue weighted by molar-refractivity contribution is 9.10. The molecule has 0 bridgehead atoms. The summed E-state index contributed by atoms with van der Waals surface area (Å²) in [7, 11) is 0. The summed E-state index contributed by atoms with van der Waals surface area (Å²) in [4.78, 5) is 8.56. The topological polar surface area (TPSA) is 25.8 Å². The summed E-state index contributed by atoms with van der Waals surface area (Å²) in [5.41, 5.74) is 0.875. The van der Waals surface area contributed by atoms with E-state index in [0.29, 0.717) is 18.0 Å². The fraction of sp³-hybridized carbons (Fsp3) is 0.636. The predicted molar refractivity (Wildman–Crippen MR) is 67.7 cm³/mol. The maximum absolute atomic E-state index is 13.1. The predicted octanol–water partition coefficient (Wildman–Crippen LogP) is 4.25. The van der Waals surface area contributed by atoms with Gasteiger partial charge in [-0.05, 0) is 35.0 Å². The zero-order valence-corrected chi connectivity index (χ0v) is 11.8. The van der Waals surface area contributed by atoms with Gasteiger partial charge in [0.05, 0.1) is 10.2 Å². The van der Waals surface area contributed by atoms with E-state index in [-0.39, 0.29) is 18.8 Å². The number of hydrogen-bond donors (Lipinski definition) is 0. The summed E-state index contributed by atoms with van der Waals surface area (Å²) in [6.45, 7) is 0. The lowest BCUT2D eigenvalue weighted by Gasteiger charge is -2.28. The second kappa shape index (κ2) is 5.18. The van der Waals surface area contributed by atoms with Crippen molar-refractivity contribution in [1.82, 2.24) is 9.97 Å². The molecule has 94 valence electrons. The Morgan fingerprint density at radius 3 is 2.65 bits per heavy atom. The number of thioether (sulfide) groups is 1. The third-order valence-corrected chi connectivity index (χ3v) is 4.21. The smallest absolute Gasteiger partial charge is 0.230 e. The summed E-state index contributed by atoms with van der Waals surface area (Å²) in [6.07, 6.45) is 4.53. The fourth-order valence-electron chi connectivity index (χ4n) is 2.06. The van der Waals surface area contributed by atoms with Gasteiger partial charge in [-0.1, -0.05) is 11.8 Å². The van der Waals surface area contributed by atoms with Crippen molar-refractivity contribution >= 4 is 27.7 Å². The van der Waals surface area contributed by atoms with Crippen LogP contribution in [0, 0.1) is 0 Å². The molecule has 1 aromatic heterocycles. The minimum absolute atomic E-state index is 0.0390. The second-order valence-electron chi connectivity index (χ2n) is 4.22. The summed E-state index contributed by atoms with van der Waals surface area (Å²) in [6, 6.07) is 0. The molecule has 1 saturated carbocycles. The Kier molecular flexibility index (Phi) is 4.02. The molecular formula is C11H13BrF2N2S. The van der Waals surface area contributed by atoms with Gasteiger partial charge in [0, 0.05) is 25.0 Å². The Labute approximate surface area is 112 Å². The van der Waals surface area contributed by atoms with E-state index in [4.69, 9.17) is 0 Å². The van der Waals surface area contributed by atoms with Gasteiger partial charge in [0.15, 0.2) is 5.16 Å². The van der Waals surface area contributed by atoms with Crippen LogP contribution >= 0.6 is 27.7 Å². The van der Waals surface area contributed by atoms with E-state index in [1.165, 1.54) is 11.8 Å². The van der Waals surface area contributed by atoms with Gasteiger partial charge in [-0.15, -0.1) is 0 Å². The fourth-order valence-corrected chi connectivity index (χ4v) is 2.92. The molecule has 0 atom stereocenters. The van der Waals surface area contributed by atoms with Crippen LogP contribution in [-0.2, 0) is 0 Å². The highest BCUT2D eigenvalue weighted by Crippen LogP contribution is 2.42. The lowest BCUT2D eigenvalue weighted by Crippen LogP contribution is -2.24. The number of halogens is 3. The number of hydrogen-bond acceptors (Lipinski definition) is 3. The van der Waals surface area contributed by atoms with Crippen LogP contribution in [0.2, 0.25) is 0 Å². The molecule has 0 aliphatic heterocycles. The third-order valence-electron chi connectivity index (χ3n) is 3.04. The van der Waals surface area contributed by atoms with Crippen LogP contribution in [0.25, 0.3) is 0 Å². The van der Waals surface area contributed by atoms with E-state index < -0.39 is 5.92 Å². The van der Waals surface area contributed by atoms with Crippen molar-refractivity contribution < 1.29 is 8.78 Å². The normalized spacial score (nSPS) is 20.5. The van der Waals surface area contributed by atoms with Crippen LogP contribution in [-0.4, -0.2) is 22.1 Å². The summed E-state index contributed by atoms with van der Waals surface area (Å²) in [5.74, 6) is -2.36. The van der Waals surface area contributed by atoms with E-state index >= 15 is 0 Å². The maximum Gasteiger partial charge on any atom is 0.248 e. The van der Waals surface area contributed by atoms with E-state index in [9.17, 15) is 8.78 Å². The quantitative estimate of drug-likeness (QED) is 0.601. The van der Waals surface area contributed by atoms with Gasteiger partial charge in [0.1, 0.15) is 0 Å². The van der Waals surface area contributed by atoms with Crippen molar-refractivity contribution in [1.29, 1.82) is 0 Å². The van der Waals surface area contributed by atoms with Gasteiger partial charge in [0.25, 0.3) is 0 Å². The molecule has 0 unspecified atom stereocenters. The highest BCUT2D eigenvalue weighted by Gasteiger charge is 2.36. The molecule has 0 saturated heterocycles. The van der Waals surface area contributed by atoms with Crippen molar-refractivity contribution in [2.45, 2.75) is 42.7 Å². The molecule has 6 heteroatoms. The molecule has 1 aliphatic carbocycles. The van der Waals surface area contributed by atoms with E-state index in [0.717, 1.165) is 10.2 Å². The van der Waals surface area contributed by atoms with Crippen molar-refractivity contribution in [3.05, 3.63) is 16.4 Å². The third kappa shape index (κ3) is 3.16. The number of rotatable bonds is 2. The average Bonchev–Trinajstić information content (AvgIpc) is 2.30. The molecule has 0 aromatic carbocycles. The Hall–Kier alpha value is -0.230. The standard InChI is InChI=1S/C11H13BrF2N2S/c1-17-10-15-6-8(12)9(16-10)7-2-4-11(13,14)5-3-7/h6-7H,2-5H2,1H3. The monoisotopic (exact) mass is 322 g/mol. The molecule has 1 fully saturated rings. The minimum Gasteiger partial charge on any atom is -0.230 e. The average molecular weight is 323 g/mol. The zero-order chi connectivity index (χ0) is 12.5. The summed E-state index contributed by atoms with van der Waals surface area (Å²) < 4.78 is 27.0. The zero-order valence-electron chi connectivity index (χ0n) is 9.42. The van der Waals surface area contributed by atoms with Crippen molar-refractivity contribution in [2.24, 2.45) is 0 Å². The molecule has 1 aromatic rings. The van der Waals surface area contributed by atoms with Gasteiger partial charge in [-0.25, -0.2) is 18.7 Å². The first-order chi connectivity index (χ1) is 8.02. The number of alkyl halides is 2. The largest absolute Gasteiger partial charge is 0.248 e.